The second-order valence-electron chi connectivity index (χ2n) is 3.91. The molecule has 1 fully saturated rings. The summed E-state index contributed by atoms with van der Waals surface area (Å²) in [5.41, 5.74) is 0. The van der Waals surface area contributed by atoms with Gasteiger partial charge in [-0.2, -0.15) is 0 Å². The van der Waals surface area contributed by atoms with E-state index in [1.54, 1.807) is 12.1 Å². The molecule has 4 nitrogen and oxygen atoms in total. The lowest BCUT2D eigenvalue weighted by atomic mass is 10.2. The molecule has 1 aliphatic rings. The first-order valence-corrected chi connectivity index (χ1v) is 5.80. The molecule has 1 aromatic rings. The van der Waals surface area contributed by atoms with Crippen LogP contribution in [0.1, 0.15) is 6.42 Å². The monoisotopic (exact) mass is 291 g/mol. The zero-order valence-electron chi connectivity index (χ0n) is 9.89. The number of ether oxygens (including phenoxy) is 2. The van der Waals surface area contributed by atoms with Gasteiger partial charge in [-0.05, 0) is 24.3 Å². The van der Waals surface area contributed by atoms with Crippen LogP contribution in [0.2, 0.25) is 5.02 Å². The van der Waals surface area contributed by atoms with Crippen LogP contribution in [0.25, 0.3) is 0 Å². The average Bonchev–Trinajstić information content (AvgIpc) is 2.80. The zero-order valence-corrected chi connectivity index (χ0v) is 11.5. The summed E-state index contributed by atoms with van der Waals surface area (Å²) in [4.78, 5) is 11.3. The fourth-order valence-corrected chi connectivity index (χ4v) is 1.95. The molecule has 0 bridgehead atoms. The van der Waals surface area contributed by atoms with Crippen molar-refractivity contribution in [2.75, 3.05) is 13.7 Å². The first-order valence-electron chi connectivity index (χ1n) is 5.42. The molecule has 0 radical (unpaired) electrons. The van der Waals surface area contributed by atoms with Crippen molar-refractivity contribution in [2.45, 2.75) is 18.6 Å². The van der Waals surface area contributed by atoms with Gasteiger partial charge in [-0.15, -0.1) is 12.4 Å². The molecule has 1 saturated heterocycles. The van der Waals surface area contributed by atoms with E-state index in [1.807, 2.05) is 12.1 Å². The minimum absolute atomic E-state index is 0. The van der Waals surface area contributed by atoms with Crippen molar-refractivity contribution < 1.29 is 14.3 Å². The van der Waals surface area contributed by atoms with Crippen LogP contribution < -0.4 is 10.1 Å². The Morgan fingerprint density at radius 2 is 2.06 bits per heavy atom. The Hall–Kier alpha value is -0.970. The van der Waals surface area contributed by atoms with Gasteiger partial charge in [-0.1, -0.05) is 11.6 Å². The molecule has 1 aromatic carbocycles. The van der Waals surface area contributed by atoms with Crippen LogP contribution in [0.15, 0.2) is 24.3 Å². The fourth-order valence-electron chi connectivity index (χ4n) is 1.82. The van der Waals surface area contributed by atoms with E-state index >= 15 is 0 Å². The minimum atomic E-state index is -0.266. The highest BCUT2D eigenvalue weighted by molar-refractivity contribution is 6.30. The smallest absolute Gasteiger partial charge is 0.323 e. The second-order valence-corrected chi connectivity index (χ2v) is 4.35. The average molecular weight is 292 g/mol. The summed E-state index contributed by atoms with van der Waals surface area (Å²) in [6, 6.07) is 6.91. The summed E-state index contributed by atoms with van der Waals surface area (Å²) in [7, 11) is 1.39. The number of methoxy groups -OCH3 is 1. The Labute approximate surface area is 117 Å². The predicted molar refractivity (Wildman–Crippen MR) is 71.5 cm³/mol. The van der Waals surface area contributed by atoms with Crippen molar-refractivity contribution in [3.8, 4) is 5.75 Å². The van der Waals surface area contributed by atoms with Gasteiger partial charge in [0.2, 0.25) is 0 Å². The summed E-state index contributed by atoms with van der Waals surface area (Å²) in [6.07, 6.45) is 0.607. The molecular weight excluding hydrogens is 277 g/mol. The number of carbonyl (C=O) groups is 1. The maximum absolute atomic E-state index is 11.3. The van der Waals surface area contributed by atoms with E-state index in [2.05, 4.69) is 10.1 Å². The van der Waals surface area contributed by atoms with Gasteiger partial charge in [0, 0.05) is 18.0 Å². The highest BCUT2D eigenvalue weighted by atomic mass is 35.5. The van der Waals surface area contributed by atoms with Gasteiger partial charge >= 0.3 is 5.97 Å². The van der Waals surface area contributed by atoms with Gasteiger partial charge in [-0.3, -0.25) is 4.79 Å². The number of hydrogen-bond acceptors (Lipinski definition) is 4. The molecule has 100 valence electrons. The van der Waals surface area contributed by atoms with Crippen LogP contribution in [0.4, 0.5) is 0 Å². The quantitative estimate of drug-likeness (QED) is 0.866. The summed E-state index contributed by atoms with van der Waals surface area (Å²) in [6.45, 7) is 0.641. The van der Waals surface area contributed by atoms with Crippen molar-refractivity contribution in [1.29, 1.82) is 0 Å². The Morgan fingerprint density at radius 1 is 1.39 bits per heavy atom. The molecule has 2 unspecified atom stereocenters. The van der Waals surface area contributed by atoms with E-state index < -0.39 is 0 Å². The maximum atomic E-state index is 11.3. The number of rotatable bonds is 3. The van der Waals surface area contributed by atoms with E-state index in [-0.39, 0.29) is 30.5 Å². The summed E-state index contributed by atoms with van der Waals surface area (Å²) in [5, 5.41) is 3.74. The van der Waals surface area contributed by atoms with Crippen molar-refractivity contribution in [1.82, 2.24) is 5.32 Å². The molecule has 0 amide bonds. The molecule has 0 saturated carbocycles. The standard InChI is InChI=1S/C12H14ClNO3.ClH/c1-16-12(15)11-6-10(7-14-11)17-9-4-2-8(13)3-5-9;/h2-5,10-11,14H,6-7H2,1H3;1H. The lowest BCUT2D eigenvalue weighted by molar-refractivity contribution is -0.142. The molecular formula is C12H15Cl2NO3. The lowest BCUT2D eigenvalue weighted by Gasteiger charge is -2.12. The Kier molecular flexibility index (Phi) is 5.72. The molecule has 6 heteroatoms. The number of hydrogen-bond donors (Lipinski definition) is 1. The molecule has 1 heterocycles. The van der Waals surface area contributed by atoms with Crippen LogP contribution in [0.3, 0.4) is 0 Å². The molecule has 1 N–H and O–H groups in total. The third kappa shape index (κ3) is 3.77. The summed E-state index contributed by atoms with van der Waals surface area (Å²) in [5.74, 6) is 0.513. The minimum Gasteiger partial charge on any atom is -0.489 e. The first kappa shape index (κ1) is 15.1. The van der Waals surface area contributed by atoms with Gasteiger partial charge < -0.3 is 14.8 Å². The lowest BCUT2D eigenvalue weighted by Crippen LogP contribution is -2.31. The van der Waals surface area contributed by atoms with Crippen molar-refractivity contribution in [3.63, 3.8) is 0 Å². The fraction of sp³-hybridized carbons (Fsp3) is 0.417. The summed E-state index contributed by atoms with van der Waals surface area (Å²) < 4.78 is 10.4. The SMILES string of the molecule is COC(=O)C1CC(Oc2ccc(Cl)cc2)CN1.Cl. The van der Waals surface area contributed by atoms with Crippen LogP contribution in [0, 0.1) is 0 Å². The normalized spacial score (nSPS) is 22.1. The van der Waals surface area contributed by atoms with Gasteiger partial charge in [0.1, 0.15) is 17.9 Å². The Balaban J connectivity index is 0.00000162. The highest BCUT2D eigenvalue weighted by Gasteiger charge is 2.31. The molecule has 18 heavy (non-hydrogen) atoms. The topological polar surface area (TPSA) is 47.6 Å². The van der Waals surface area contributed by atoms with E-state index in [9.17, 15) is 4.79 Å². The van der Waals surface area contributed by atoms with Gasteiger partial charge in [0.15, 0.2) is 0 Å². The maximum Gasteiger partial charge on any atom is 0.323 e. The third-order valence-electron chi connectivity index (χ3n) is 2.69. The van der Waals surface area contributed by atoms with Gasteiger partial charge in [0.05, 0.1) is 7.11 Å². The van der Waals surface area contributed by atoms with Gasteiger partial charge in [-0.25, -0.2) is 0 Å². The van der Waals surface area contributed by atoms with Crippen molar-refractivity contribution in [2.24, 2.45) is 0 Å². The molecule has 1 aliphatic heterocycles. The molecule has 2 atom stereocenters. The van der Waals surface area contributed by atoms with Crippen molar-refractivity contribution in [3.05, 3.63) is 29.3 Å². The Morgan fingerprint density at radius 3 is 2.67 bits per heavy atom. The van der Waals surface area contributed by atoms with Crippen LogP contribution in [-0.4, -0.2) is 31.8 Å². The van der Waals surface area contributed by atoms with E-state index in [0.717, 1.165) is 5.75 Å². The first-order chi connectivity index (χ1) is 8.19. The molecule has 0 aromatic heterocycles. The number of carbonyl (C=O) groups excluding carboxylic acids is 1. The van der Waals surface area contributed by atoms with Crippen molar-refractivity contribution >= 4 is 30.0 Å². The molecule has 2 rings (SSSR count). The number of halogens is 2. The molecule has 0 aliphatic carbocycles. The number of benzene rings is 1. The molecule has 0 spiro atoms. The second kappa shape index (κ2) is 6.83. The zero-order chi connectivity index (χ0) is 12.3. The highest BCUT2D eigenvalue weighted by Crippen LogP contribution is 2.20. The number of nitrogens with one attached hydrogen (secondary N) is 1. The Bertz CT molecular complexity index is 397. The predicted octanol–water partition coefficient (Wildman–Crippen LogP) is 2.04. The van der Waals surface area contributed by atoms with Crippen LogP contribution >= 0.6 is 24.0 Å². The van der Waals surface area contributed by atoms with E-state index in [4.69, 9.17) is 16.3 Å². The third-order valence-corrected chi connectivity index (χ3v) is 2.94. The number of esters is 1. The van der Waals surface area contributed by atoms with E-state index in [1.165, 1.54) is 7.11 Å². The summed E-state index contributed by atoms with van der Waals surface area (Å²) >= 11 is 5.78. The van der Waals surface area contributed by atoms with Gasteiger partial charge in [0.25, 0.3) is 0 Å². The van der Waals surface area contributed by atoms with Crippen LogP contribution in [0.5, 0.6) is 5.75 Å². The van der Waals surface area contributed by atoms with Crippen LogP contribution in [-0.2, 0) is 9.53 Å². The largest absolute Gasteiger partial charge is 0.489 e. The van der Waals surface area contributed by atoms with E-state index in [0.29, 0.717) is 18.0 Å².